The second kappa shape index (κ2) is 7.26. The molecule has 0 aliphatic rings. The quantitative estimate of drug-likeness (QED) is 0.488. The number of rotatable bonds is 6. The maximum atomic E-state index is 5.96. The molecule has 3 nitrogen and oxygen atoms in total. The average Bonchev–Trinajstić information content (AvgIpc) is 2.80. The van der Waals surface area contributed by atoms with E-state index in [-0.39, 0.29) is 6.04 Å². The summed E-state index contributed by atoms with van der Waals surface area (Å²) in [6.45, 7) is 2.01. The van der Waals surface area contributed by atoms with Crippen LogP contribution < -0.4 is 11.3 Å². The molecular weight excluding hydrogens is 298 g/mol. The number of thiazole rings is 1. The van der Waals surface area contributed by atoms with Gasteiger partial charge in [0.15, 0.2) is 0 Å². The number of halogens is 1. The Morgan fingerprint density at radius 2 is 2.37 bits per heavy atom. The van der Waals surface area contributed by atoms with Gasteiger partial charge in [0, 0.05) is 33.5 Å². The van der Waals surface area contributed by atoms with Crippen molar-refractivity contribution < 1.29 is 0 Å². The van der Waals surface area contributed by atoms with Crippen molar-refractivity contribution in [3.8, 4) is 0 Å². The number of hydrogen-bond acceptors (Lipinski definition) is 5. The lowest BCUT2D eigenvalue weighted by Gasteiger charge is -2.14. The Labute approximate surface area is 126 Å². The Morgan fingerprint density at radius 3 is 3.00 bits per heavy atom. The zero-order chi connectivity index (χ0) is 13.7. The highest BCUT2D eigenvalue weighted by Crippen LogP contribution is 2.23. The Bertz CT molecular complexity index is 530. The van der Waals surface area contributed by atoms with E-state index < -0.39 is 0 Å². The molecule has 102 valence electrons. The SMILES string of the molecule is Cc1nc(CC(CSc2cccc(Cl)c2)NN)cs1. The molecule has 0 aliphatic carbocycles. The standard InChI is InChI=1S/C13H16ClN3S2/c1-9-16-11(7-18-9)6-12(17-15)8-19-13-4-2-3-10(14)5-13/h2-5,7,12,17H,6,8,15H2,1H3. The summed E-state index contributed by atoms with van der Waals surface area (Å²) < 4.78 is 0. The third-order valence-electron chi connectivity index (χ3n) is 2.61. The van der Waals surface area contributed by atoms with E-state index in [0.29, 0.717) is 0 Å². The van der Waals surface area contributed by atoms with E-state index in [1.54, 1.807) is 23.1 Å². The first-order valence-corrected chi connectivity index (χ1v) is 8.17. The third-order valence-corrected chi connectivity index (χ3v) is 4.82. The van der Waals surface area contributed by atoms with E-state index in [1.807, 2.05) is 25.1 Å². The number of benzene rings is 1. The lowest BCUT2D eigenvalue weighted by atomic mass is 10.2. The normalized spacial score (nSPS) is 12.6. The summed E-state index contributed by atoms with van der Waals surface area (Å²) in [5.41, 5.74) is 3.95. The number of nitrogens with one attached hydrogen (secondary N) is 1. The first kappa shape index (κ1) is 14.8. The minimum absolute atomic E-state index is 0.200. The van der Waals surface area contributed by atoms with Gasteiger partial charge in [-0.2, -0.15) is 0 Å². The fourth-order valence-corrected chi connectivity index (χ4v) is 3.55. The fourth-order valence-electron chi connectivity index (χ4n) is 1.67. The second-order valence-corrected chi connectivity index (χ2v) is 6.79. The summed E-state index contributed by atoms with van der Waals surface area (Å²) >= 11 is 9.38. The first-order chi connectivity index (χ1) is 9.17. The van der Waals surface area contributed by atoms with Crippen molar-refractivity contribution in [2.45, 2.75) is 24.3 Å². The van der Waals surface area contributed by atoms with Crippen LogP contribution in [0.4, 0.5) is 0 Å². The van der Waals surface area contributed by atoms with Gasteiger partial charge in [-0.25, -0.2) is 4.98 Å². The molecular formula is C13H16ClN3S2. The topological polar surface area (TPSA) is 50.9 Å². The van der Waals surface area contributed by atoms with Crippen LogP contribution in [-0.2, 0) is 6.42 Å². The highest BCUT2D eigenvalue weighted by molar-refractivity contribution is 7.99. The highest BCUT2D eigenvalue weighted by atomic mass is 35.5. The molecule has 0 aliphatic heterocycles. The summed E-state index contributed by atoms with van der Waals surface area (Å²) in [5, 5.41) is 3.94. The lowest BCUT2D eigenvalue weighted by Crippen LogP contribution is -2.38. The van der Waals surface area contributed by atoms with Crippen molar-refractivity contribution in [1.82, 2.24) is 10.4 Å². The van der Waals surface area contributed by atoms with Gasteiger partial charge in [-0.05, 0) is 25.1 Å². The summed E-state index contributed by atoms with van der Waals surface area (Å²) in [6.07, 6.45) is 0.842. The van der Waals surface area contributed by atoms with Gasteiger partial charge in [-0.1, -0.05) is 17.7 Å². The van der Waals surface area contributed by atoms with Crippen molar-refractivity contribution in [3.63, 3.8) is 0 Å². The molecule has 1 aromatic heterocycles. The maximum absolute atomic E-state index is 5.96. The van der Waals surface area contributed by atoms with Gasteiger partial charge in [-0.3, -0.25) is 11.3 Å². The van der Waals surface area contributed by atoms with Crippen molar-refractivity contribution in [2.24, 2.45) is 5.84 Å². The number of aromatic nitrogens is 1. The van der Waals surface area contributed by atoms with Crippen LogP contribution in [0, 0.1) is 6.92 Å². The Hall–Kier alpha value is -0.590. The predicted molar refractivity (Wildman–Crippen MR) is 83.8 cm³/mol. The summed E-state index contributed by atoms with van der Waals surface area (Å²) in [5.74, 6) is 6.49. The zero-order valence-corrected chi connectivity index (χ0v) is 13.0. The predicted octanol–water partition coefficient (Wildman–Crippen LogP) is 3.27. The lowest BCUT2D eigenvalue weighted by molar-refractivity contribution is 0.570. The average molecular weight is 314 g/mol. The van der Waals surface area contributed by atoms with E-state index in [4.69, 9.17) is 17.4 Å². The van der Waals surface area contributed by atoms with Gasteiger partial charge in [0.25, 0.3) is 0 Å². The van der Waals surface area contributed by atoms with Crippen LogP contribution in [0.5, 0.6) is 0 Å². The molecule has 0 fully saturated rings. The maximum Gasteiger partial charge on any atom is 0.0897 e. The molecule has 1 heterocycles. The van der Waals surface area contributed by atoms with Gasteiger partial charge in [-0.15, -0.1) is 23.1 Å². The smallest absolute Gasteiger partial charge is 0.0897 e. The Kier molecular flexibility index (Phi) is 5.66. The van der Waals surface area contributed by atoms with Crippen molar-refractivity contribution in [3.05, 3.63) is 45.4 Å². The molecule has 0 amide bonds. The van der Waals surface area contributed by atoms with Gasteiger partial charge in [0.1, 0.15) is 0 Å². The number of aryl methyl sites for hydroxylation is 1. The Balaban J connectivity index is 1.89. The third kappa shape index (κ3) is 4.78. The molecule has 0 radical (unpaired) electrons. The number of hydrogen-bond donors (Lipinski definition) is 2. The van der Waals surface area contributed by atoms with Crippen LogP contribution in [0.2, 0.25) is 5.02 Å². The molecule has 19 heavy (non-hydrogen) atoms. The molecule has 0 saturated heterocycles. The van der Waals surface area contributed by atoms with E-state index in [0.717, 1.165) is 32.8 Å². The van der Waals surface area contributed by atoms with Crippen molar-refractivity contribution in [2.75, 3.05) is 5.75 Å². The fraction of sp³-hybridized carbons (Fsp3) is 0.308. The highest BCUT2D eigenvalue weighted by Gasteiger charge is 2.10. The molecule has 0 spiro atoms. The van der Waals surface area contributed by atoms with Crippen LogP contribution >= 0.6 is 34.7 Å². The minimum Gasteiger partial charge on any atom is -0.271 e. The number of nitrogens with zero attached hydrogens (tertiary/aromatic N) is 1. The van der Waals surface area contributed by atoms with Crippen LogP contribution in [0.15, 0.2) is 34.5 Å². The number of thioether (sulfide) groups is 1. The van der Waals surface area contributed by atoms with Gasteiger partial charge >= 0.3 is 0 Å². The largest absolute Gasteiger partial charge is 0.271 e. The van der Waals surface area contributed by atoms with Gasteiger partial charge in [0.05, 0.1) is 10.7 Å². The second-order valence-electron chi connectivity index (χ2n) is 4.19. The van der Waals surface area contributed by atoms with Crippen LogP contribution in [0.3, 0.4) is 0 Å². The van der Waals surface area contributed by atoms with Crippen molar-refractivity contribution in [1.29, 1.82) is 0 Å². The van der Waals surface area contributed by atoms with Crippen LogP contribution in [0.1, 0.15) is 10.7 Å². The minimum atomic E-state index is 0.200. The molecule has 2 aromatic rings. The van der Waals surface area contributed by atoms with Crippen molar-refractivity contribution >= 4 is 34.7 Å². The van der Waals surface area contributed by atoms with E-state index in [2.05, 4.69) is 21.9 Å². The monoisotopic (exact) mass is 313 g/mol. The zero-order valence-electron chi connectivity index (χ0n) is 10.6. The number of hydrazine groups is 1. The molecule has 1 atom stereocenters. The van der Waals surface area contributed by atoms with Gasteiger partial charge < -0.3 is 0 Å². The summed E-state index contributed by atoms with van der Waals surface area (Å²) in [6, 6.07) is 8.05. The van der Waals surface area contributed by atoms with E-state index in [1.165, 1.54) is 0 Å². The summed E-state index contributed by atoms with van der Waals surface area (Å²) in [4.78, 5) is 5.61. The van der Waals surface area contributed by atoms with E-state index >= 15 is 0 Å². The molecule has 6 heteroatoms. The Morgan fingerprint density at radius 1 is 1.53 bits per heavy atom. The molecule has 0 bridgehead atoms. The molecule has 3 N–H and O–H groups in total. The first-order valence-electron chi connectivity index (χ1n) is 5.93. The number of nitrogens with two attached hydrogens (primary N) is 1. The van der Waals surface area contributed by atoms with Crippen LogP contribution in [-0.4, -0.2) is 16.8 Å². The van der Waals surface area contributed by atoms with Crippen LogP contribution in [0.25, 0.3) is 0 Å². The summed E-state index contributed by atoms with van der Waals surface area (Å²) in [7, 11) is 0. The van der Waals surface area contributed by atoms with Gasteiger partial charge in [0.2, 0.25) is 0 Å². The molecule has 0 saturated carbocycles. The molecule has 1 unspecified atom stereocenters. The molecule has 2 rings (SSSR count). The van der Waals surface area contributed by atoms with E-state index in [9.17, 15) is 0 Å². The molecule has 1 aromatic carbocycles.